The molecule has 1 saturated heterocycles. The first-order valence-electron chi connectivity index (χ1n) is 10.5. The van der Waals surface area contributed by atoms with Crippen LogP contribution in [-0.4, -0.2) is 29.8 Å². The maximum absolute atomic E-state index is 12.2. The smallest absolute Gasteiger partial charge is 0.336 e. The molecule has 0 radical (unpaired) electrons. The molecule has 1 aromatic heterocycles. The van der Waals surface area contributed by atoms with Crippen molar-refractivity contribution in [2.24, 2.45) is 0 Å². The Balaban J connectivity index is 1.49. The quantitative estimate of drug-likeness (QED) is 0.655. The first-order valence-corrected chi connectivity index (χ1v) is 10.5. The van der Waals surface area contributed by atoms with E-state index in [0.29, 0.717) is 31.8 Å². The Morgan fingerprint density at radius 3 is 2.73 bits per heavy atom. The monoisotopic (exact) mass is 407 g/mol. The molecule has 2 aliphatic heterocycles. The maximum atomic E-state index is 12.2. The van der Waals surface area contributed by atoms with E-state index < -0.39 is 5.63 Å². The highest BCUT2D eigenvalue weighted by molar-refractivity contribution is 5.82. The van der Waals surface area contributed by atoms with Crippen LogP contribution >= 0.6 is 0 Å². The number of benzene rings is 2. The number of nitrogens with zero attached hydrogens (tertiary/aromatic N) is 1. The predicted octanol–water partition coefficient (Wildman–Crippen LogP) is 4.17. The van der Waals surface area contributed by atoms with Crippen LogP contribution in [0.1, 0.15) is 42.5 Å². The minimum Gasteiger partial charge on any atom is -0.508 e. The van der Waals surface area contributed by atoms with E-state index in [1.807, 2.05) is 19.1 Å². The number of fused-ring (bicyclic) bond motifs is 2. The van der Waals surface area contributed by atoms with Crippen molar-refractivity contribution in [3.05, 3.63) is 63.5 Å². The highest BCUT2D eigenvalue weighted by atomic mass is 16.6. The van der Waals surface area contributed by atoms with Crippen LogP contribution < -0.4 is 15.1 Å². The molecule has 2 aliphatic rings. The molecule has 1 N–H and O–H groups in total. The third-order valence-electron chi connectivity index (χ3n) is 6.10. The summed E-state index contributed by atoms with van der Waals surface area (Å²) in [5, 5.41) is 11.1. The fraction of sp³-hybridized carbons (Fsp3) is 0.375. The Morgan fingerprint density at radius 1 is 1.07 bits per heavy atom. The van der Waals surface area contributed by atoms with Crippen molar-refractivity contribution in [2.45, 2.75) is 38.8 Å². The highest BCUT2D eigenvalue weighted by Gasteiger charge is 2.28. The lowest BCUT2D eigenvalue weighted by molar-refractivity contribution is 0.170. The molecule has 1 unspecified atom stereocenters. The molecule has 0 saturated carbocycles. The van der Waals surface area contributed by atoms with Gasteiger partial charge in [-0.05, 0) is 60.7 Å². The SMILES string of the molecule is CCc1cc2c(CN3CCCC3c3ccc4c(c3)OCCO4)cc(=O)oc2cc1O. The van der Waals surface area contributed by atoms with E-state index in [2.05, 4.69) is 17.0 Å². The van der Waals surface area contributed by atoms with Crippen LogP contribution in [0.2, 0.25) is 0 Å². The van der Waals surface area contributed by atoms with Crippen LogP contribution in [0, 0.1) is 0 Å². The van der Waals surface area contributed by atoms with Gasteiger partial charge in [-0.1, -0.05) is 13.0 Å². The zero-order valence-corrected chi connectivity index (χ0v) is 17.0. The number of hydrogen-bond donors (Lipinski definition) is 1. The van der Waals surface area contributed by atoms with Gasteiger partial charge in [-0.2, -0.15) is 0 Å². The van der Waals surface area contributed by atoms with Gasteiger partial charge in [0.25, 0.3) is 0 Å². The molecule has 3 heterocycles. The second-order valence-electron chi connectivity index (χ2n) is 7.95. The molecular formula is C24H25NO5. The lowest BCUT2D eigenvalue weighted by atomic mass is 10.0. The van der Waals surface area contributed by atoms with Gasteiger partial charge in [0.1, 0.15) is 24.5 Å². The molecule has 0 spiro atoms. The van der Waals surface area contributed by atoms with E-state index in [-0.39, 0.29) is 11.8 Å². The van der Waals surface area contributed by atoms with Crippen molar-refractivity contribution < 1.29 is 19.0 Å². The molecule has 0 amide bonds. The Labute approximate surface area is 174 Å². The van der Waals surface area contributed by atoms with E-state index in [1.165, 1.54) is 5.56 Å². The number of aryl methyl sites for hydroxylation is 1. The van der Waals surface area contributed by atoms with Gasteiger partial charge in [0.15, 0.2) is 11.5 Å². The second-order valence-corrected chi connectivity index (χ2v) is 7.95. The van der Waals surface area contributed by atoms with Crippen molar-refractivity contribution >= 4 is 11.0 Å². The Kier molecular flexibility index (Phi) is 4.87. The van der Waals surface area contributed by atoms with E-state index in [9.17, 15) is 9.90 Å². The van der Waals surface area contributed by atoms with Gasteiger partial charge in [-0.15, -0.1) is 0 Å². The Hall–Kier alpha value is -2.99. The molecule has 6 nitrogen and oxygen atoms in total. The third-order valence-corrected chi connectivity index (χ3v) is 6.10. The fourth-order valence-corrected chi connectivity index (χ4v) is 4.60. The van der Waals surface area contributed by atoms with Crippen molar-refractivity contribution in [3.8, 4) is 17.2 Å². The van der Waals surface area contributed by atoms with Gasteiger partial charge in [-0.3, -0.25) is 4.90 Å². The predicted molar refractivity (Wildman–Crippen MR) is 113 cm³/mol. The van der Waals surface area contributed by atoms with Gasteiger partial charge in [0.05, 0.1) is 0 Å². The zero-order valence-electron chi connectivity index (χ0n) is 17.0. The molecule has 3 aromatic rings. The number of rotatable bonds is 4. The number of phenols is 1. The average molecular weight is 407 g/mol. The zero-order chi connectivity index (χ0) is 20.7. The van der Waals surface area contributed by atoms with Crippen LogP contribution in [-0.2, 0) is 13.0 Å². The molecule has 2 aromatic carbocycles. The van der Waals surface area contributed by atoms with Gasteiger partial charge >= 0.3 is 5.63 Å². The molecule has 1 fully saturated rings. The summed E-state index contributed by atoms with van der Waals surface area (Å²) in [7, 11) is 0. The third kappa shape index (κ3) is 3.41. The van der Waals surface area contributed by atoms with E-state index in [1.54, 1.807) is 12.1 Å². The number of phenolic OH excluding ortho intramolecular Hbond substituents is 1. The minimum absolute atomic E-state index is 0.167. The number of hydrogen-bond acceptors (Lipinski definition) is 6. The summed E-state index contributed by atoms with van der Waals surface area (Å²) in [5.41, 5.74) is 3.03. The maximum Gasteiger partial charge on any atom is 0.336 e. The molecule has 30 heavy (non-hydrogen) atoms. The summed E-state index contributed by atoms with van der Waals surface area (Å²) < 4.78 is 16.8. The van der Waals surface area contributed by atoms with Gasteiger partial charge in [-0.25, -0.2) is 4.79 Å². The molecule has 1 atom stereocenters. The van der Waals surface area contributed by atoms with Crippen molar-refractivity contribution in [2.75, 3.05) is 19.8 Å². The molecule has 0 aliphatic carbocycles. The van der Waals surface area contributed by atoms with E-state index in [4.69, 9.17) is 13.9 Å². The number of aromatic hydroxyl groups is 1. The van der Waals surface area contributed by atoms with Crippen molar-refractivity contribution in [1.82, 2.24) is 4.90 Å². The molecule has 0 bridgehead atoms. The molecular weight excluding hydrogens is 382 g/mol. The molecule has 156 valence electrons. The largest absolute Gasteiger partial charge is 0.508 e. The molecule has 6 heteroatoms. The Morgan fingerprint density at radius 2 is 1.90 bits per heavy atom. The second kappa shape index (κ2) is 7.69. The van der Waals surface area contributed by atoms with Gasteiger partial charge in [0.2, 0.25) is 0 Å². The van der Waals surface area contributed by atoms with Crippen molar-refractivity contribution in [3.63, 3.8) is 0 Å². The van der Waals surface area contributed by atoms with Gasteiger partial charge in [0, 0.05) is 30.1 Å². The standard InChI is InChI=1S/C24H25NO5/c1-2-15-10-18-17(12-24(27)30-22(18)13-20(15)26)14-25-7-3-4-19(25)16-5-6-21-23(11-16)29-9-8-28-21/h5-6,10-13,19,26H,2-4,7-9,14H2,1H3. The topological polar surface area (TPSA) is 72.1 Å². The van der Waals surface area contributed by atoms with Crippen LogP contribution in [0.4, 0.5) is 0 Å². The van der Waals surface area contributed by atoms with E-state index in [0.717, 1.165) is 47.4 Å². The number of likely N-dealkylation sites (tertiary alicyclic amines) is 1. The van der Waals surface area contributed by atoms with Crippen LogP contribution in [0.25, 0.3) is 11.0 Å². The summed E-state index contributed by atoms with van der Waals surface area (Å²) in [6.45, 7) is 4.76. The summed E-state index contributed by atoms with van der Waals surface area (Å²) in [6.07, 6.45) is 2.86. The summed E-state index contributed by atoms with van der Waals surface area (Å²) in [5.74, 6) is 1.77. The van der Waals surface area contributed by atoms with Crippen LogP contribution in [0.3, 0.4) is 0 Å². The normalized spacial score (nSPS) is 18.8. The highest BCUT2D eigenvalue weighted by Crippen LogP contribution is 2.39. The summed E-state index contributed by atoms with van der Waals surface area (Å²) >= 11 is 0. The van der Waals surface area contributed by atoms with Crippen LogP contribution in [0.5, 0.6) is 17.2 Å². The number of ether oxygens (including phenoxy) is 2. The first-order chi connectivity index (χ1) is 14.6. The van der Waals surface area contributed by atoms with E-state index >= 15 is 0 Å². The lowest BCUT2D eigenvalue weighted by Crippen LogP contribution is -2.24. The first kappa shape index (κ1) is 19.0. The van der Waals surface area contributed by atoms with Gasteiger partial charge < -0.3 is 19.0 Å². The minimum atomic E-state index is -0.392. The fourth-order valence-electron chi connectivity index (χ4n) is 4.60. The lowest BCUT2D eigenvalue weighted by Gasteiger charge is -2.27. The molecule has 5 rings (SSSR count). The van der Waals surface area contributed by atoms with Crippen molar-refractivity contribution in [1.29, 1.82) is 0 Å². The summed E-state index contributed by atoms with van der Waals surface area (Å²) in [6, 6.07) is 11.5. The summed E-state index contributed by atoms with van der Waals surface area (Å²) in [4.78, 5) is 14.6. The van der Waals surface area contributed by atoms with Crippen LogP contribution in [0.15, 0.2) is 45.6 Å². The Bertz CT molecular complexity index is 1150. The average Bonchev–Trinajstić information content (AvgIpc) is 3.21.